The van der Waals surface area contributed by atoms with Crippen LogP contribution in [-0.4, -0.2) is 61.7 Å². The molecular weight excluding hydrogens is 505 g/mol. The van der Waals surface area contributed by atoms with Crippen LogP contribution in [0.2, 0.25) is 0 Å². The van der Waals surface area contributed by atoms with Crippen molar-refractivity contribution >= 4 is 60.7 Å². The number of rotatable bonds is 16. The zero-order valence-electron chi connectivity index (χ0n) is 19.3. The molecule has 0 spiro atoms. The van der Waals surface area contributed by atoms with E-state index in [0.29, 0.717) is 31.6 Å². The van der Waals surface area contributed by atoms with E-state index in [1.165, 1.54) is 0 Å². The summed E-state index contributed by atoms with van der Waals surface area (Å²) >= 11 is 0. The molecule has 0 heterocycles. The Morgan fingerprint density at radius 2 is 1.53 bits per heavy atom. The van der Waals surface area contributed by atoms with E-state index in [1.807, 2.05) is 24.3 Å². The van der Waals surface area contributed by atoms with Gasteiger partial charge in [-0.05, 0) is 69.4 Å². The van der Waals surface area contributed by atoms with Gasteiger partial charge in [-0.2, -0.15) is 0 Å². The molecule has 10 N–H and O–H groups in total. The minimum absolute atomic E-state index is 0. The van der Waals surface area contributed by atoms with Crippen LogP contribution in [0.25, 0.3) is 0 Å². The van der Waals surface area contributed by atoms with Crippen LogP contribution in [0.15, 0.2) is 29.3 Å². The maximum absolute atomic E-state index is 11.9. The standard InChI is InChI=1S/C21H37N7O3.3ClH/c22-11-4-13-25-12-1-2-14-26-20(31)18(29)15-27-19(30)6-3-5-16-7-9-17(10-8-16)28-21(23)24;;;/h7-10,18,25,29H,1-6,11-15,22H2,(H,26,31)(H,27,30)(H4,23,24,28);3*1H. The van der Waals surface area contributed by atoms with Gasteiger partial charge in [0.15, 0.2) is 5.96 Å². The van der Waals surface area contributed by atoms with E-state index in [-0.39, 0.29) is 55.6 Å². The van der Waals surface area contributed by atoms with Gasteiger partial charge in [0.1, 0.15) is 6.10 Å². The Hall–Kier alpha value is -1.82. The van der Waals surface area contributed by atoms with Crippen molar-refractivity contribution in [3.05, 3.63) is 29.8 Å². The summed E-state index contributed by atoms with van der Waals surface area (Å²) in [4.78, 5) is 27.7. The molecular formula is C21H40Cl3N7O3. The van der Waals surface area contributed by atoms with Crippen LogP contribution in [0.3, 0.4) is 0 Å². The van der Waals surface area contributed by atoms with E-state index in [0.717, 1.165) is 44.3 Å². The molecule has 34 heavy (non-hydrogen) atoms. The van der Waals surface area contributed by atoms with Gasteiger partial charge in [-0.1, -0.05) is 12.1 Å². The summed E-state index contributed by atoms with van der Waals surface area (Å²) in [6, 6.07) is 7.43. The molecule has 0 aliphatic heterocycles. The lowest BCUT2D eigenvalue weighted by atomic mass is 10.1. The van der Waals surface area contributed by atoms with Crippen molar-refractivity contribution in [1.82, 2.24) is 16.0 Å². The summed E-state index contributed by atoms with van der Waals surface area (Å²) < 4.78 is 0. The van der Waals surface area contributed by atoms with Gasteiger partial charge in [-0.15, -0.1) is 37.2 Å². The van der Waals surface area contributed by atoms with Crippen molar-refractivity contribution in [3.63, 3.8) is 0 Å². The smallest absolute Gasteiger partial charge is 0.250 e. The number of amides is 2. The van der Waals surface area contributed by atoms with E-state index >= 15 is 0 Å². The number of aliphatic hydroxyl groups excluding tert-OH is 1. The Morgan fingerprint density at radius 1 is 0.912 bits per heavy atom. The van der Waals surface area contributed by atoms with Gasteiger partial charge < -0.3 is 38.3 Å². The van der Waals surface area contributed by atoms with Crippen molar-refractivity contribution in [2.45, 2.75) is 44.6 Å². The molecule has 0 aromatic heterocycles. The van der Waals surface area contributed by atoms with E-state index in [2.05, 4.69) is 20.9 Å². The molecule has 198 valence electrons. The van der Waals surface area contributed by atoms with Crippen molar-refractivity contribution in [2.24, 2.45) is 22.2 Å². The molecule has 0 bridgehead atoms. The van der Waals surface area contributed by atoms with Gasteiger partial charge >= 0.3 is 0 Å². The molecule has 2 amide bonds. The SMILES string of the molecule is Cl.Cl.Cl.NCCCNCCCCNC(=O)C(O)CNC(=O)CCCc1ccc(N=C(N)N)cc1. The highest BCUT2D eigenvalue weighted by Gasteiger charge is 2.15. The molecule has 1 atom stereocenters. The average molecular weight is 545 g/mol. The maximum atomic E-state index is 11.9. The van der Waals surface area contributed by atoms with Crippen molar-refractivity contribution in [1.29, 1.82) is 0 Å². The summed E-state index contributed by atoms with van der Waals surface area (Å²) in [5.41, 5.74) is 17.8. The molecule has 0 saturated carbocycles. The van der Waals surface area contributed by atoms with Crippen molar-refractivity contribution in [3.8, 4) is 0 Å². The van der Waals surface area contributed by atoms with Crippen LogP contribution >= 0.6 is 37.2 Å². The Balaban J connectivity index is -0.00000320. The number of carbonyl (C=O) groups is 2. The summed E-state index contributed by atoms with van der Waals surface area (Å²) in [7, 11) is 0. The molecule has 0 radical (unpaired) electrons. The Bertz CT molecular complexity index is 691. The van der Waals surface area contributed by atoms with E-state index in [4.69, 9.17) is 17.2 Å². The third-order valence-corrected chi connectivity index (χ3v) is 4.50. The number of hydrogen-bond acceptors (Lipinski definition) is 6. The first-order valence-electron chi connectivity index (χ1n) is 10.7. The second-order valence-electron chi connectivity index (χ2n) is 7.27. The van der Waals surface area contributed by atoms with Gasteiger partial charge in [-0.3, -0.25) is 9.59 Å². The first kappa shape index (κ1) is 36.7. The quantitative estimate of drug-likeness (QED) is 0.0898. The van der Waals surface area contributed by atoms with Gasteiger partial charge in [0.05, 0.1) is 12.2 Å². The highest BCUT2D eigenvalue weighted by Crippen LogP contribution is 2.14. The van der Waals surface area contributed by atoms with Crippen LogP contribution in [0.5, 0.6) is 0 Å². The number of benzene rings is 1. The Morgan fingerprint density at radius 3 is 2.15 bits per heavy atom. The number of nitrogens with zero attached hydrogens (tertiary/aromatic N) is 1. The van der Waals surface area contributed by atoms with E-state index < -0.39 is 12.0 Å². The zero-order chi connectivity index (χ0) is 22.9. The predicted octanol–water partition coefficient (Wildman–Crippen LogP) is 0.492. The van der Waals surface area contributed by atoms with Gasteiger partial charge in [0.2, 0.25) is 5.91 Å². The number of hydrogen-bond donors (Lipinski definition) is 7. The summed E-state index contributed by atoms with van der Waals surface area (Å²) in [6.07, 6.45) is 3.11. The minimum Gasteiger partial charge on any atom is -0.381 e. The lowest BCUT2D eigenvalue weighted by Gasteiger charge is -2.12. The Labute approximate surface area is 220 Å². The van der Waals surface area contributed by atoms with Gasteiger partial charge in [0.25, 0.3) is 5.91 Å². The average Bonchev–Trinajstić information content (AvgIpc) is 2.74. The Kier molecular flexibility index (Phi) is 24.8. The minimum atomic E-state index is -1.25. The number of unbranched alkanes of at least 4 members (excludes halogenated alkanes) is 1. The number of nitrogens with two attached hydrogens (primary N) is 3. The lowest BCUT2D eigenvalue weighted by Crippen LogP contribution is -2.43. The third kappa shape index (κ3) is 18.6. The van der Waals surface area contributed by atoms with Crippen LogP contribution in [-0.2, 0) is 16.0 Å². The second-order valence-corrected chi connectivity index (χ2v) is 7.27. The molecule has 0 saturated heterocycles. The van der Waals surface area contributed by atoms with Crippen LogP contribution in [0.4, 0.5) is 5.69 Å². The summed E-state index contributed by atoms with van der Waals surface area (Å²) in [5, 5.41) is 18.4. The number of aliphatic hydroxyl groups is 1. The first-order valence-corrected chi connectivity index (χ1v) is 10.7. The highest BCUT2D eigenvalue weighted by atomic mass is 35.5. The molecule has 1 unspecified atom stereocenters. The number of nitrogens with one attached hydrogen (secondary N) is 3. The van der Waals surface area contributed by atoms with Gasteiger partial charge in [0, 0.05) is 13.0 Å². The molecule has 1 aromatic rings. The van der Waals surface area contributed by atoms with Gasteiger partial charge in [-0.25, -0.2) is 4.99 Å². The number of carbonyl (C=O) groups excluding carboxylic acids is 2. The first-order chi connectivity index (χ1) is 14.9. The topological polar surface area (TPSA) is 181 Å². The number of guanidine groups is 1. The third-order valence-electron chi connectivity index (χ3n) is 4.50. The zero-order valence-corrected chi connectivity index (χ0v) is 21.8. The lowest BCUT2D eigenvalue weighted by molar-refractivity contribution is -0.129. The molecule has 0 aliphatic carbocycles. The van der Waals surface area contributed by atoms with Crippen molar-refractivity contribution in [2.75, 3.05) is 32.7 Å². The molecule has 10 nitrogen and oxygen atoms in total. The monoisotopic (exact) mass is 543 g/mol. The van der Waals surface area contributed by atoms with Crippen molar-refractivity contribution < 1.29 is 14.7 Å². The number of halogens is 3. The van der Waals surface area contributed by atoms with Crippen LogP contribution in [0.1, 0.15) is 37.7 Å². The number of aliphatic imine (C=N–C) groups is 1. The summed E-state index contributed by atoms with van der Waals surface area (Å²) in [5.74, 6) is -0.670. The van der Waals surface area contributed by atoms with Crippen LogP contribution < -0.4 is 33.2 Å². The van der Waals surface area contributed by atoms with E-state index in [1.54, 1.807) is 0 Å². The highest BCUT2D eigenvalue weighted by molar-refractivity contribution is 5.86. The van der Waals surface area contributed by atoms with Crippen LogP contribution in [0, 0.1) is 0 Å². The predicted molar refractivity (Wildman–Crippen MR) is 144 cm³/mol. The molecule has 13 heteroatoms. The van der Waals surface area contributed by atoms with E-state index in [9.17, 15) is 14.7 Å². The molecule has 1 aromatic carbocycles. The maximum Gasteiger partial charge on any atom is 0.250 e. The largest absolute Gasteiger partial charge is 0.381 e. The molecule has 0 aliphatic rings. The summed E-state index contributed by atoms with van der Waals surface area (Å²) in [6.45, 7) is 2.83. The molecule has 1 rings (SSSR count). The number of aryl methyl sites for hydroxylation is 1. The fourth-order valence-corrected chi connectivity index (χ4v) is 2.79. The molecule has 0 fully saturated rings. The normalized spacial score (nSPS) is 10.5. The fraction of sp³-hybridized carbons (Fsp3) is 0.571. The second kappa shape index (κ2) is 22.9. The fourth-order valence-electron chi connectivity index (χ4n) is 2.79.